The van der Waals surface area contributed by atoms with Gasteiger partial charge in [-0.3, -0.25) is 47.0 Å². The quantitative estimate of drug-likeness (QED) is 0.0430. The number of phosphoric ester groups is 2. The van der Waals surface area contributed by atoms with Crippen LogP contribution in [-0.2, 0) is 68.5 Å². The fraction of sp³-hybridized carbons (Fsp3) is 0.565. The Kier molecular flexibility index (Phi) is 12.1. The van der Waals surface area contributed by atoms with Crippen LogP contribution in [0.15, 0.2) is 22.2 Å². The van der Waals surface area contributed by atoms with Crippen molar-refractivity contribution >= 4 is 65.5 Å². The molecule has 12 atom stereocenters. The van der Waals surface area contributed by atoms with Gasteiger partial charge in [0.15, 0.2) is 12.7 Å². The summed E-state index contributed by atoms with van der Waals surface area (Å²) < 4.78 is 90.3. The molecule has 4 aromatic heterocycles. The molecule has 4 aromatic rings. The van der Waals surface area contributed by atoms with Gasteiger partial charge in [-0.2, -0.15) is 0 Å². The first-order valence-electron chi connectivity index (χ1n) is 15.9. The standard InChI is InChI=1S/C23H34N10O21P4/c1-30-6-32(16-10(30)18(37)28-22(24)26-16)20-14(36)12(34)8(50-20)4-48-55(39,40)52-57(43,44)54-58(45,46)53-56(41,42)49-5-9-13(35)15(47-3)21(51-9)33-7-31(2)11-17(33)27-23(25)29-19(11)38/h6-9,12-15,20-21,34-36H,4-5H2,1-3H3,(H8-2,24,25,26,27,28,29,37,38,39,40,41,42,43,44,45,46)/p-2/t8-,9-,12-,13-,14-,15-,20-,21-/m1/s1. The number of anilines is 2. The van der Waals surface area contributed by atoms with Gasteiger partial charge in [0.2, 0.25) is 23.5 Å². The molecule has 0 saturated carbocycles. The van der Waals surface area contributed by atoms with E-state index in [1.54, 1.807) is 0 Å². The van der Waals surface area contributed by atoms with Crippen LogP contribution in [0.5, 0.6) is 0 Å². The zero-order valence-corrected chi connectivity index (χ0v) is 33.1. The highest BCUT2D eigenvalue weighted by atomic mass is 31.3. The summed E-state index contributed by atoms with van der Waals surface area (Å²) in [6.07, 6.45) is -10.4. The second-order valence-electron chi connectivity index (χ2n) is 12.4. The summed E-state index contributed by atoms with van der Waals surface area (Å²) >= 11 is 0. The minimum absolute atomic E-state index is 0.0154. The van der Waals surface area contributed by atoms with Crippen LogP contribution in [0.1, 0.15) is 12.5 Å². The van der Waals surface area contributed by atoms with Crippen LogP contribution in [0.3, 0.4) is 0 Å². The van der Waals surface area contributed by atoms with Gasteiger partial charge in [-0.25, -0.2) is 22.1 Å². The first-order valence-corrected chi connectivity index (χ1v) is 21.7. The molecular weight excluding hydrogens is 876 g/mol. The molecule has 2 aliphatic rings. The van der Waals surface area contributed by atoms with Crippen LogP contribution in [0, 0.1) is 0 Å². The molecule has 0 spiro atoms. The lowest BCUT2D eigenvalue weighted by Crippen LogP contribution is -2.47. The number of hydrogen-bond donors (Lipinski definition) is 7. The predicted molar refractivity (Wildman–Crippen MR) is 174 cm³/mol. The van der Waals surface area contributed by atoms with Crippen molar-refractivity contribution in [3.8, 4) is 0 Å². The number of phosphoric acid groups is 4. The Morgan fingerprint density at radius 3 is 1.57 bits per heavy atom. The minimum Gasteiger partial charge on any atom is -0.756 e. The van der Waals surface area contributed by atoms with Gasteiger partial charge in [0.1, 0.15) is 36.6 Å². The fourth-order valence-corrected chi connectivity index (χ4v) is 10.9. The van der Waals surface area contributed by atoms with Crippen molar-refractivity contribution in [2.75, 3.05) is 31.8 Å². The Balaban J connectivity index is 1.04. The van der Waals surface area contributed by atoms with E-state index < -0.39 is 105 Å². The van der Waals surface area contributed by atoms with Gasteiger partial charge in [-0.15, -0.1) is 0 Å². The molecule has 0 amide bonds. The van der Waals surface area contributed by atoms with Gasteiger partial charge in [-0.1, -0.05) is 9.97 Å². The van der Waals surface area contributed by atoms with Crippen LogP contribution in [0.25, 0.3) is 22.3 Å². The number of aromatic amines is 2. The number of H-pyrrole nitrogens is 2. The van der Waals surface area contributed by atoms with Crippen molar-refractivity contribution in [2.45, 2.75) is 49.1 Å². The van der Waals surface area contributed by atoms with Gasteiger partial charge in [0, 0.05) is 7.11 Å². The molecule has 2 aliphatic heterocycles. The van der Waals surface area contributed by atoms with Crippen LogP contribution in [0.4, 0.5) is 11.9 Å². The van der Waals surface area contributed by atoms with E-state index in [-0.39, 0.29) is 34.2 Å². The van der Waals surface area contributed by atoms with Crippen molar-refractivity contribution < 1.29 is 98.5 Å². The lowest BCUT2D eigenvalue weighted by Gasteiger charge is -2.36. The van der Waals surface area contributed by atoms with E-state index in [0.29, 0.717) is 0 Å². The molecule has 0 aliphatic carbocycles. The molecule has 2 fully saturated rings. The van der Waals surface area contributed by atoms with Crippen LogP contribution < -0.4 is 51.3 Å². The number of nitrogens with zero attached hydrogens (tertiary/aromatic N) is 6. The Morgan fingerprint density at radius 1 is 0.724 bits per heavy atom. The predicted octanol–water partition coefficient (Wildman–Crippen LogP) is -6.87. The molecule has 0 aromatic carbocycles. The van der Waals surface area contributed by atoms with Crippen molar-refractivity contribution in [2.24, 2.45) is 14.1 Å². The summed E-state index contributed by atoms with van der Waals surface area (Å²) in [7, 11) is -21.6. The molecule has 322 valence electrons. The number of aromatic nitrogens is 8. The van der Waals surface area contributed by atoms with E-state index in [1.807, 2.05) is 0 Å². The van der Waals surface area contributed by atoms with Crippen molar-refractivity contribution in [3.63, 3.8) is 0 Å². The van der Waals surface area contributed by atoms with Crippen LogP contribution in [0.2, 0.25) is 0 Å². The summed E-state index contributed by atoms with van der Waals surface area (Å²) in [5, 5.41) is 31.8. The minimum atomic E-state index is -6.64. The Morgan fingerprint density at radius 2 is 1.12 bits per heavy atom. The number of ether oxygens (including phenoxy) is 3. The Labute approximate surface area is 321 Å². The second-order valence-corrected chi connectivity index (χ2v) is 18.5. The van der Waals surface area contributed by atoms with Crippen molar-refractivity contribution in [1.82, 2.24) is 29.1 Å². The van der Waals surface area contributed by atoms with Crippen LogP contribution >= 0.6 is 31.3 Å². The summed E-state index contributed by atoms with van der Waals surface area (Å²) in [5.41, 5.74) is 9.71. The molecule has 0 radical (unpaired) electrons. The van der Waals surface area contributed by atoms with Gasteiger partial charge in [0.25, 0.3) is 54.3 Å². The number of imidazole rings is 2. The monoisotopic (exact) mass is 908 g/mol. The van der Waals surface area contributed by atoms with Gasteiger partial charge >= 0.3 is 11.3 Å². The number of methoxy groups -OCH3 is 1. The average molecular weight is 908 g/mol. The molecule has 0 bridgehead atoms. The van der Waals surface area contributed by atoms with Crippen molar-refractivity contribution in [1.29, 1.82) is 0 Å². The number of aliphatic hydroxyl groups is 3. The Bertz CT molecular complexity index is 2550. The highest BCUT2D eigenvalue weighted by molar-refractivity contribution is 7.68. The number of fused-ring (bicyclic) bond motifs is 2. The van der Waals surface area contributed by atoms with E-state index in [4.69, 9.17) is 25.7 Å². The summed E-state index contributed by atoms with van der Waals surface area (Å²) in [5.74, 6) is -0.610. The highest BCUT2D eigenvalue weighted by Gasteiger charge is 2.50. The number of aliphatic hydroxyl groups excluding tert-OH is 3. The maximum atomic E-state index is 12.4. The maximum absolute atomic E-state index is 12.4. The van der Waals surface area contributed by atoms with E-state index in [2.05, 4.69) is 41.9 Å². The SMILES string of the molecule is CO[C@@H]1[C@H](O)[C@@H](COP(=O)([O-])OP(=O)([O-])OP(=O)([O-])OP(=O)([O-])OC[C@H]2O[C@@H]([n+]3cn(C)c4c(=O)[nH]c(N)nc43)[C@H](O)[C@@H]2O)O[C@H]1[n+]1cn(C)c2c(=O)[nH]c(N)nc21. The molecule has 31 nitrogen and oxygen atoms in total. The van der Waals surface area contributed by atoms with Gasteiger partial charge in [0.05, 0.1) is 27.3 Å². The van der Waals surface area contributed by atoms with Crippen LogP contribution in [-0.4, -0.2) is 101 Å². The normalized spacial score (nSPS) is 29.3. The number of rotatable bonds is 15. The number of hydrogen-bond acceptors (Lipinski definition) is 25. The van der Waals surface area contributed by atoms with Crippen molar-refractivity contribution in [3.05, 3.63) is 33.4 Å². The molecule has 2 saturated heterocycles. The van der Waals surface area contributed by atoms with Gasteiger partial charge in [-0.05, 0) is 0 Å². The number of nitrogen functional groups attached to an aromatic ring is 2. The first-order chi connectivity index (χ1) is 26.8. The summed E-state index contributed by atoms with van der Waals surface area (Å²) in [6, 6.07) is 0. The molecular formula is C23H32N10O21P4-2. The van der Waals surface area contributed by atoms with E-state index >= 15 is 0 Å². The molecule has 9 N–H and O–H groups in total. The fourth-order valence-electron chi connectivity index (χ4n) is 6.12. The lowest BCUT2D eigenvalue weighted by atomic mass is 10.1. The molecule has 4 unspecified atom stereocenters. The van der Waals surface area contributed by atoms with E-state index in [1.165, 1.54) is 40.5 Å². The third-order valence-corrected chi connectivity index (χ3v) is 14.2. The van der Waals surface area contributed by atoms with Gasteiger partial charge < -0.3 is 69.6 Å². The third-order valence-electron chi connectivity index (χ3n) is 8.44. The highest BCUT2D eigenvalue weighted by Crippen LogP contribution is 2.66. The smallest absolute Gasteiger partial charge is 0.313 e. The average Bonchev–Trinajstić information content (AvgIpc) is 3.77. The largest absolute Gasteiger partial charge is 0.756 e. The third kappa shape index (κ3) is 9.03. The number of aryl methyl sites for hydroxylation is 2. The van der Waals surface area contributed by atoms with E-state index in [9.17, 15) is 62.7 Å². The molecule has 6 rings (SSSR count). The molecule has 6 heterocycles. The molecule has 58 heavy (non-hydrogen) atoms. The number of nitrogens with two attached hydrogens (primary N) is 2. The lowest BCUT2D eigenvalue weighted by molar-refractivity contribution is -0.746. The summed E-state index contributed by atoms with van der Waals surface area (Å²) in [6.45, 7) is -2.46. The molecule has 35 heteroatoms. The zero-order valence-electron chi connectivity index (χ0n) is 29.5. The summed E-state index contributed by atoms with van der Waals surface area (Å²) in [4.78, 5) is 86.5. The maximum Gasteiger partial charge on any atom is 0.313 e. The zero-order chi connectivity index (χ0) is 42.9. The Hall–Kier alpha value is -3.38. The topological polar surface area (TPSA) is 456 Å². The van der Waals surface area contributed by atoms with E-state index in [0.717, 1.165) is 11.7 Å². The first kappa shape index (κ1) is 44.2. The number of nitrogens with one attached hydrogen (secondary N) is 2. The second kappa shape index (κ2) is 15.9.